The molecule has 1 aromatic carbocycles. The van der Waals surface area contributed by atoms with Gasteiger partial charge in [0.1, 0.15) is 6.10 Å². The Labute approximate surface area is 76.2 Å². The molecule has 0 aliphatic rings. The number of hydrogen-bond acceptors (Lipinski definition) is 3. The third kappa shape index (κ3) is 2.14. The number of ketones is 1. The molecule has 0 aromatic heterocycles. The highest BCUT2D eigenvalue weighted by molar-refractivity contribution is 5.99. The predicted octanol–water partition coefficient (Wildman–Crippen LogP) is 1.12. The Morgan fingerprint density at radius 2 is 2.31 bits per heavy atom. The van der Waals surface area contributed by atoms with Gasteiger partial charge >= 0.3 is 0 Å². The maximum atomic E-state index is 11.3. The fraction of sp³-hybridized carbons (Fsp3) is 0.200. The minimum absolute atomic E-state index is 0.364. The minimum Gasteiger partial charge on any atom is -0.385 e. The van der Waals surface area contributed by atoms with E-state index in [0.29, 0.717) is 11.1 Å². The molecule has 0 amide bonds. The Morgan fingerprint density at radius 1 is 1.62 bits per heavy atom. The molecule has 1 aromatic rings. The van der Waals surface area contributed by atoms with Crippen molar-refractivity contribution in [2.45, 2.75) is 13.0 Å². The smallest absolute Gasteiger partial charge is 0.191 e. The van der Waals surface area contributed by atoms with Crippen molar-refractivity contribution < 1.29 is 9.90 Å². The Hall–Kier alpha value is -1.66. The van der Waals surface area contributed by atoms with Gasteiger partial charge in [-0.25, -0.2) is 0 Å². The van der Waals surface area contributed by atoms with Gasteiger partial charge in [0.05, 0.1) is 11.6 Å². The number of nitrogens with zero attached hydrogens (tertiary/aromatic N) is 1. The van der Waals surface area contributed by atoms with Crippen LogP contribution >= 0.6 is 0 Å². The second-order valence-electron chi connectivity index (χ2n) is 2.73. The molecule has 0 saturated carbocycles. The van der Waals surface area contributed by atoms with Gasteiger partial charge in [-0.3, -0.25) is 4.79 Å². The first kappa shape index (κ1) is 9.43. The topological polar surface area (TPSA) is 61.1 Å². The third-order valence-electron chi connectivity index (χ3n) is 1.66. The van der Waals surface area contributed by atoms with E-state index in [4.69, 9.17) is 10.4 Å². The molecule has 3 heteroatoms. The Balaban J connectivity index is 3.04. The van der Waals surface area contributed by atoms with Crippen LogP contribution in [0.5, 0.6) is 0 Å². The lowest BCUT2D eigenvalue weighted by atomic mass is 10.1. The lowest BCUT2D eigenvalue weighted by Gasteiger charge is -2.02. The summed E-state index contributed by atoms with van der Waals surface area (Å²) < 4.78 is 0. The van der Waals surface area contributed by atoms with Crippen LogP contribution in [0.1, 0.15) is 22.8 Å². The molecule has 1 N–H and O–H groups in total. The number of Topliss-reactive ketones (excluding diaryl/α,β-unsaturated/α-hetero) is 1. The SMILES string of the molecule is C[C@H](O)C(=O)c1cccc(C#N)c1. The van der Waals surface area contributed by atoms with E-state index in [0.717, 1.165) is 0 Å². The van der Waals surface area contributed by atoms with Gasteiger partial charge in [-0.15, -0.1) is 0 Å². The average molecular weight is 175 g/mol. The van der Waals surface area contributed by atoms with Crippen molar-refractivity contribution in [1.29, 1.82) is 5.26 Å². The lowest BCUT2D eigenvalue weighted by Crippen LogP contribution is -2.15. The largest absolute Gasteiger partial charge is 0.385 e. The summed E-state index contributed by atoms with van der Waals surface area (Å²) in [5.41, 5.74) is 0.792. The molecule has 1 rings (SSSR count). The van der Waals surface area contributed by atoms with Crippen molar-refractivity contribution >= 4 is 5.78 Å². The Bertz CT molecular complexity index is 363. The van der Waals surface area contributed by atoms with E-state index in [1.54, 1.807) is 18.2 Å². The summed E-state index contributed by atoms with van der Waals surface area (Å²) in [6.45, 7) is 1.40. The number of carbonyl (C=O) groups excluding carboxylic acids is 1. The van der Waals surface area contributed by atoms with Crippen LogP contribution in [0.25, 0.3) is 0 Å². The molecule has 1 atom stereocenters. The first-order valence-corrected chi connectivity index (χ1v) is 3.87. The molecule has 0 aliphatic carbocycles. The summed E-state index contributed by atoms with van der Waals surface area (Å²) in [4.78, 5) is 11.3. The van der Waals surface area contributed by atoms with E-state index in [1.807, 2.05) is 6.07 Å². The summed E-state index contributed by atoms with van der Waals surface area (Å²) in [7, 11) is 0. The molecular weight excluding hydrogens is 166 g/mol. The number of hydrogen-bond donors (Lipinski definition) is 1. The normalized spacial score (nSPS) is 11.8. The van der Waals surface area contributed by atoms with Gasteiger partial charge in [-0.1, -0.05) is 12.1 Å². The van der Waals surface area contributed by atoms with Crippen molar-refractivity contribution in [2.24, 2.45) is 0 Å². The van der Waals surface area contributed by atoms with Gasteiger partial charge in [-0.05, 0) is 19.1 Å². The van der Waals surface area contributed by atoms with Crippen LogP contribution in [-0.2, 0) is 0 Å². The monoisotopic (exact) mass is 175 g/mol. The quantitative estimate of drug-likeness (QED) is 0.685. The highest BCUT2D eigenvalue weighted by Crippen LogP contribution is 2.06. The summed E-state index contributed by atoms with van der Waals surface area (Å²) in [5, 5.41) is 17.6. The molecule has 0 fully saturated rings. The number of carbonyl (C=O) groups is 1. The zero-order valence-corrected chi connectivity index (χ0v) is 7.19. The van der Waals surface area contributed by atoms with Crippen molar-refractivity contribution in [1.82, 2.24) is 0 Å². The second kappa shape index (κ2) is 3.83. The Morgan fingerprint density at radius 3 is 2.85 bits per heavy atom. The van der Waals surface area contributed by atoms with Crippen molar-refractivity contribution in [3.05, 3.63) is 35.4 Å². The first-order valence-electron chi connectivity index (χ1n) is 3.87. The maximum Gasteiger partial charge on any atom is 0.191 e. The van der Waals surface area contributed by atoms with Gasteiger partial charge in [-0.2, -0.15) is 5.26 Å². The van der Waals surface area contributed by atoms with E-state index in [-0.39, 0.29) is 5.78 Å². The lowest BCUT2D eigenvalue weighted by molar-refractivity contribution is 0.0779. The molecule has 0 spiro atoms. The summed E-state index contributed by atoms with van der Waals surface area (Å²) in [6.07, 6.45) is -1.02. The predicted molar refractivity (Wildman–Crippen MR) is 47.2 cm³/mol. The summed E-state index contributed by atoms with van der Waals surface area (Å²) in [5.74, 6) is -0.364. The molecular formula is C10H9NO2. The van der Waals surface area contributed by atoms with E-state index < -0.39 is 6.10 Å². The second-order valence-corrected chi connectivity index (χ2v) is 2.73. The van der Waals surface area contributed by atoms with E-state index in [9.17, 15) is 4.79 Å². The van der Waals surface area contributed by atoms with E-state index in [1.165, 1.54) is 13.0 Å². The number of rotatable bonds is 2. The highest BCUT2D eigenvalue weighted by atomic mass is 16.3. The fourth-order valence-electron chi connectivity index (χ4n) is 0.983. The number of aliphatic hydroxyl groups is 1. The zero-order chi connectivity index (χ0) is 9.84. The van der Waals surface area contributed by atoms with Crippen molar-refractivity contribution in [3.63, 3.8) is 0 Å². The van der Waals surface area contributed by atoms with Crippen LogP contribution in [0.4, 0.5) is 0 Å². The molecule has 0 unspecified atom stereocenters. The van der Waals surface area contributed by atoms with Gasteiger partial charge < -0.3 is 5.11 Å². The minimum atomic E-state index is -1.02. The van der Waals surface area contributed by atoms with Gasteiger partial charge in [0.15, 0.2) is 5.78 Å². The molecule has 0 heterocycles. The van der Waals surface area contributed by atoms with Crippen molar-refractivity contribution in [3.8, 4) is 6.07 Å². The van der Waals surface area contributed by atoms with Crippen LogP contribution in [0.15, 0.2) is 24.3 Å². The number of aliphatic hydroxyl groups excluding tert-OH is 1. The number of benzene rings is 1. The third-order valence-corrected chi connectivity index (χ3v) is 1.66. The average Bonchev–Trinajstić information content (AvgIpc) is 2.16. The molecule has 0 aliphatic heterocycles. The molecule has 0 bridgehead atoms. The summed E-state index contributed by atoms with van der Waals surface area (Å²) in [6, 6.07) is 8.20. The van der Waals surface area contributed by atoms with Crippen molar-refractivity contribution in [2.75, 3.05) is 0 Å². The molecule has 0 radical (unpaired) electrons. The van der Waals surface area contributed by atoms with Gasteiger partial charge in [0.25, 0.3) is 0 Å². The fourth-order valence-corrected chi connectivity index (χ4v) is 0.983. The van der Waals surface area contributed by atoms with Crippen LogP contribution in [0.3, 0.4) is 0 Å². The van der Waals surface area contributed by atoms with Crippen LogP contribution in [0.2, 0.25) is 0 Å². The molecule has 13 heavy (non-hydrogen) atoms. The highest BCUT2D eigenvalue weighted by Gasteiger charge is 2.11. The van der Waals surface area contributed by atoms with Crippen LogP contribution in [-0.4, -0.2) is 17.0 Å². The van der Waals surface area contributed by atoms with Crippen LogP contribution in [0, 0.1) is 11.3 Å². The van der Waals surface area contributed by atoms with Gasteiger partial charge in [0.2, 0.25) is 0 Å². The standard InChI is InChI=1S/C10H9NO2/c1-7(12)10(13)9-4-2-3-8(5-9)6-11/h2-5,7,12H,1H3/t7-/m0/s1. The van der Waals surface area contributed by atoms with Crippen LogP contribution < -0.4 is 0 Å². The summed E-state index contributed by atoms with van der Waals surface area (Å²) >= 11 is 0. The van der Waals surface area contributed by atoms with E-state index in [2.05, 4.69) is 0 Å². The number of nitriles is 1. The Kier molecular flexibility index (Phi) is 2.78. The maximum absolute atomic E-state index is 11.3. The first-order chi connectivity index (χ1) is 6.15. The molecule has 66 valence electrons. The zero-order valence-electron chi connectivity index (χ0n) is 7.19. The van der Waals surface area contributed by atoms with E-state index >= 15 is 0 Å². The molecule has 0 saturated heterocycles. The van der Waals surface area contributed by atoms with Gasteiger partial charge in [0, 0.05) is 5.56 Å². The molecule has 3 nitrogen and oxygen atoms in total.